The normalized spacial score (nSPS) is 9.72. The predicted molar refractivity (Wildman–Crippen MR) is 66.3 cm³/mol. The first kappa shape index (κ1) is 14.0. The number of nitrogens with zero attached hydrogens (tertiary/aromatic N) is 1. The van der Waals surface area contributed by atoms with Crippen LogP contribution in [-0.2, 0) is 16.1 Å². The quantitative estimate of drug-likeness (QED) is 0.769. The molecule has 0 aliphatic rings. The molecule has 0 atom stereocenters. The van der Waals surface area contributed by atoms with Gasteiger partial charge in [-0.1, -0.05) is 12.1 Å². The molecule has 5 heteroatoms. The Balaban J connectivity index is 2.54. The zero-order chi connectivity index (χ0) is 13.5. The number of hydrogen-bond donors (Lipinski definition) is 0. The van der Waals surface area contributed by atoms with Crippen LogP contribution in [0.15, 0.2) is 24.3 Å². The topological polar surface area (TPSA) is 55.8 Å². The molecule has 1 aromatic rings. The van der Waals surface area contributed by atoms with Crippen LogP contribution in [0.2, 0.25) is 0 Å². The van der Waals surface area contributed by atoms with Gasteiger partial charge in [0, 0.05) is 13.6 Å². The van der Waals surface area contributed by atoms with Gasteiger partial charge in [0.2, 0.25) is 0 Å². The van der Waals surface area contributed by atoms with E-state index in [1.807, 2.05) is 6.92 Å². The van der Waals surface area contributed by atoms with Crippen LogP contribution >= 0.6 is 0 Å². The Morgan fingerprint density at radius 1 is 1.22 bits per heavy atom. The van der Waals surface area contributed by atoms with E-state index < -0.39 is 0 Å². The lowest BCUT2D eigenvalue weighted by Gasteiger charge is -2.14. The molecule has 0 N–H and O–H groups in total. The number of methoxy groups -OCH3 is 1. The summed E-state index contributed by atoms with van der Waals surface area (Å²) in [6.45, 7) is 2.65. The molecule has 0 unspecified atom stereocenters. The minimum absolute atomic E-state index is 0.185. The summed E-state index contributed by atoms with van der Waals surface area (Å²) >= 11 is 0. The fourth-order valence-electron chi connectivity index (χ4n) is 1.24. The van der Waals surface area contributed by atoms with Gasteiger partial charge in [-0.05, 0) is 24.6 Å². The Morgan fingerprint density at radius 2 is 1.83 bits per heavy atom. The molecule has 0 aromatic heterocycles. The predicted octanol–water partition coefficient (Wildman–Crippen LogP) is 2.06. The third kappa shape index (κ3) is 3.76. The molecule has 0 heterocycles. The minimum atomic E-state index is -0.385. The molecule has 0 saturated carbocycles. The van der Waals surface area contributed by atoms with Crippen molar-refractivity contribution in [2.75, 3.05) is 20.7 Å². The molecule has 0 bridgehead atoms. The van der Waals surface area contributed by atoms with Gasteiger partial charge in [0.05, 0.1) is 12.7 Å². The van der Waals surface area contributed by atoms with Gasteiger partial charge in [0.1, 0.15) is 6.61 Å². The Hall–Kier alpha value is -2.04. The number of rotatable bonds is 4. The van der Waals surface area contributed by atoms with Gasteiger partial charge in [-0.3, -0.25) is 0 Å². The molecule has 0 aliphatic carbocycles. The Morgan fingerprint density at radius 3 is 2.33 bits per heavy atom. The van der Waals surface area contributed by atoms with E-state index in [1.54, 1.807) is 31.3 Å². The summed E-state index contributed by atoms with van der Waals surface area (Å²) in [5.74, 6) is -0.385. The Kier molecular flexibility index (Phi) is 5.17. The smallest absolute Gasteiger partial charge is 0.409 e. The van der Waals surface area contributed by atoms with Gasteiger partial charge in [-0.15, -0.1) is 0 Å². The fourth-order valence-corrected chi connectivity index (χ4v) is 1.24. The maximum absolute atomic E-state index is 11.4. The van der Waals surface area contributed by atoms with E-state index in [0.717, 1.165) is 5.56 Å². The van der Waals surface area contributed by atoms with E-state index in [4.69, 9.17) is 4.74 Å². The number of amides is 1. The fraction of sp³-hybridized carbons (Fsp3) is 0.385. The van der Waals surface area contributed by atoms with Crippen molar-refractivity contribution >= 4 is 12.1 Å². The molecular formula is C13H17NO4. The van der Waals surface area contributed by atoms with Crippen molar-refractivity contribution in [2.24, 2.45) is 0 Å². The molecule has 0 radical (unpaired) electrons. The summed E-state index contributed by atoms with van der Waals surface area (Å²) in [6, 6.07) is 6.73. The highest BCUT2D eigenvalue weighted by Gasteiger charge is 2.08. The van der Waals surface area contributed by atoms with Crippen molar-refractivity contribution < 1.29 is 19.1 Å². The molecule has 1 amide bonds. The van der Waals surface area contributed by atoms with Crippen molar-refractivity contribution in [3.05, 3.63) is 35.4 Å². The monoisotopic (exact) mass is 251 g/mol. The largest absolute Gasteiger partial charge is 0.465 e. The van der Waals surface area contributed by atoms with Crippen LogP contribution in [0.1, 0.15) is 22.8 Å². The van der Waals surface area contributed by atoms with Crippen molar-refractivity contribution in [2.45, 2.75) is 13.5 Å². The number of benzene rings is 1. The molecule has 1 aromatic carbocycles. The third-order valence-electron chi connectivity index (χ3n) is 2.52. The zero-order valence-corrected chi connectivity index (χ0v) is 10.8. The molecule has 5 nitrogen and oxygen atoms in total. The number of carbonyl (C=O) groups is 2. The minimum Gasteiger partial charge on any atom is -0.465 e. The van der Waals surface area contributed by atoms with E-state index >= 15 is 0 Å². The van der Waals surface area contributed by atoms with Crippen molar-refractivity contribution in [3.63, 3.8) is 0 Å². The average Bonchev–Trinajstić information content (AvgIpc) is 2.43. The number of hydrogen-bond acceptors (Lipinski definition) is 4. The Bertz CT molecular complexity index is 414. The number of esters is 1. The first-order valence-corrected chi connectivity index (χ1v) is 5.63. The first-order valence-electron chi connectivity index (χ1n) is 5.63. The van der Waals surface area contributed by atoms with Crippen LogP contribution < -0.4 is 0 Å². The van der Waals surface area contributed by atoms with Crippen LogP contribution in [0.4, 0.5) is 4.79 Å². The molecular weight excluding hydrogens is 234 g/mol. The van der Waals surface area contributed by atoms with E-state index in [1.165, 1.54) is 12.0 Å². The van der Waals surface area contributed by atoms with Crippen molar-refractivity contribution in [1.82, 2.24) is 4.90 Å². The maximum atomic E-state index is 11.4. The zero-order valence-electron chi connectivity index (χ0n) is 10.8. The highest BCUT2D eigenvalue weighted by Crippen LogP contribution is 2.07. The highest BCUT2D eigenvalue weighted by molar-refractivity contribution is 5.89. The maximum Gasteiger partial charge on any atom is 0.409 e. The lowest BCUT2D eigenvalue weighted by atomic mass is 10.1. The van der Waals surface area contributed by atoms with Gasteiger partial charge in [-0.25, -0.2) is 9.59 Å². The third-order valence-corrected chi connectivity index (χ3v) is 2.52. The van der Waals surface area contributed by atoms with Gasteiger partial charge in [0.15, 0.2) is 0 Å². The highest BCUT2D eigenvalue weighted by atomic mass is 16.6. The van der Waals surface area contributed by atoms with E-state index in [0.29, 0.717) is 12.1 Å². The van der Waals surface area contributed by atoms with Crippen molar-refractivity contribution in [3.8, 4) is 0 Å². The number of carbonyl (C=O) groups excluding carboxylic acids is 2. The first-order chi connectivity index (χ1) is 8.58. The summed E-state index contributed by atoms with van der Waals surface area (Å²) in [6.07, 6.45) is -0.366. The summed E-state index contributed by atoms with van der Waals surface area (Å²) < 4.78 is 9.67. The average molecular weight is 251 g/mol. The molecule has 18 heavy (non-hydrogen) atoms. The van der Waals surface area contributed by atoms with Gasteiger partial charge in [0.25, 0.3) is 0 Å². The SMILES string of the molecule is CCN(C)C(=O)OCc1ccc(C(=O)OC)cc1. The molecule has 0 saturated heterocycles. The van der Waals surface area contributed by atoms with Gasteiger partial charge < -0.3 is 14.4 Å². The second-order valence-corrected chi connectivity index (χ2v) is 3.76. The van der Waals surface area contributed by atoms with Crippen LogP contribution in [0.25, 0.3) is 0 Å². The molecule has 0 aliphatic heterocycles. The second-order valence-electron chi connectivity index (χ2n) is 3.76. The van der Waals surface area contributed by atoms with Crippen LogP contribution in [0, 0.1) is 0 Å². The molecule has 0 spiro atoms. The van der Waals surface area contributed by atoms with Crippen LogP contribution in [0.3, 0.4) is 0 Å². The summed E-state index contributed by atoms with van der Waals surface area (Å²) in [5, 5.41) is 0. The lowest BCUT2D eigenvalue weighted by Crippen LogP contribution is -2.26. The van der Waals surface area contributed by atoms with E-state index in [-0.39, 0.29) is 18.7 Å². The lowest BCUT2D eigenvalue weighted by molar-refractivity contribution is 0.0600. The summed E-state index contributed by atoms with van der Waals surface area (Å²) in [5.41, 5.74) is 1.29. The standard InChI is InChI=1S/C13H17NO4/c1-4-14(2)13(16)18-9-10-5-7-11(8-6-10)12(15)17-3/h5-8H,4,9H2,1-3H3. The van der Waals surface area contributed by atoms with E-state index in [9.17, 15) is 9.59 Å². The number of ether oxygens (including phenoxy) is 2. The molecule has 0 fully saturated rings. The van der Waals surface area contributed by atoms with E-state index in [2.05, 4.69) is 4.74 Å². The van der Waals surface area contributed by atoms with Crippen molar-refractivity contribution in [1.29, 1.82) is 0 Å². The second kappa shape index (κ2) is 6.64. The molecule has 1 rings (SSSR count). The van der Waals surface area contributed by atoms with Gasteiger partial charge in [-0.2, -0.15) is 0 Å². The van der Waals surface area contributed by atoms with Crippen LogP contribution in [0.5, 0.6) is 0 Å². The molecule has 98 valence electrons. The Labute approximate surface area is 106 Å². The van der Waals surface area contributed by atoms with Crippen LogP contribution in [-0.4, -0.2) is 37.7 Å². The summed E-state index contributed by atoms with van der Waals surface area (Å²) in [4.78, 5) is 24.1. The van der Waals surface area contributed by atoms with Gasteiger partial charge >= 0.3 is 12.1 Å². The summed E-state index contributed by atoms with van der Waals surface area (Å²) in [7, 11) is 3.00.